The van der Waals surface area contributed by atoms with Gasteiger partial charge >= 0.3 is 5.97 Å². The molecule has 1 N–H and O–H groups in total. The van der Waals surface area contributed by atoms with E-state index in [2.05, 4.69) is 39.3 Å². The van der Waals surface area contributed by atoms with E-state index in [9.17, 15) is 4.79 Å². The van der Waals surface area contributed by atoms with Gasteiger partial charge in [0, 0.05) is 11.3 Å². The van der Waals surface area contributed by atoms with Crippen LogP contribution in [0.4, 0.5) is 5.69 Å². The number of aryl methyl sites for hydroxylation is 2. The minimum atomic E-state index is -0.420. The molecular formula is C21H23N3O4. The van der Waals surface area contributed by atoms with Crippen LogP contribution in [0.2, 0.25) is 0 Å². The first-order valence-corrected chi connectivity index (χ1v) is 9.05. The van der Waals surface area contributed by atoms with Crippen molar-refractivity contribution >= 4 is 11.7 Å². The van der Waals surface area contributed by atoms with Crippen LogP contribution in [0.5, 0.6) is 5.75 Å². The number of carbonyl (C=O) groups is 1. The Morgan fingerprint density at radius 2 is 1.96 bits per heavy atom. The van der Waals surface area contributed by atoms with Crippen LogP contribution in [0.3, 0.4) is 0 Å². The quantitative estimate of drug-likeness (QED) is 0.594. The van der Waals surface area contributed by atoms with Crippen LogP contribution < -0.4 is 10.1 Å². The summed E-state index contributed by atoms with van der Waals surface area (Å²) in [6.07, 6.45) is 0.994. The van der Waals surface area contributed by atoms with Gasteiger partial charge in [-0.25, -0.2) is 4.79 Å². The third-order valence-corrected chi connectivity index (χ3v) is 4.30. The number of rotatable bonds is 8. The molecule has 0 amide bonds. The van der Waals surface area contributed by atoms with Crippen molar-refractivity contribution < 1.29 is 18.8 Å². The molecule has 0 saturated carbocycles. The highest BCUT2D eigenvalue weighted by Crippen LogP contribution is 2.22. The zero-order valence-electron chi connectivity index (χ0n) is 16.2. The van der Waals surface area contributed by atoms with Crippen molar-refractivity contribution in [2.45, 2.75) is 26.8 Å². The Morgan fingerprint density at radius 3 is 2.64 bits per heavy atom. The predicted octanol–water partition coefficient (Wildman–Crippen LogP) is 3.77. The Balaban J connectivity index is 1.59. The van der Waals surface area contributed by atoms with Crippen molar-refractivity contribution in [2.75, 3.05) is 19.0 Å². The second-order valence-corrected chi connectivity index (χ2v) is 6.26. The maximum absolute atomic E-state index is 11.1. The largest absolute Gasteiger partial charge is 0.482 e. The average molecular weight is 381 g/mol. The summed E-state index contributed by atoms with van der Waals surface area (Å²) >= 11 is 0. The second-order valence-electron chi connectivity index (χ2n) is 6.26. The van der Waals surface area contributed by atoms with E-state index in [1.165, 1.54) is 12.7 Å². The van der Waals surface area contributed by atoms with Crippen LogP contribution in [-0.4, -0.2) is 29.8 Å². The van der Waals surface area contributed by atoms with Crippen LogP contribution in [0.25, 0.3) is 11.4 Å². The van der Waals surface area contributed by atoms with Crippen molar-refractivity contribution in [1.29, 1.82) is 0 Å². The lowest BCUT2D eigenvalue weighted by molar-refractivity contribution is -0.142. The van der Waals surface area contributed by atoms with E-state index in [0.29, 0.717) is 24.0 Å². The fraction of sp³-hybridized carbons (Fsp3) is 0.286. The summed E-state index contributed by atoms with van der Waals surface area (Å²) in [5.41, 5.74) is 4.08. The first-order valence-electron chi connectivity index (χ1n) is 9.05. The summed E-state index contributed by atoms with van der Waals surface area (Å²) in [4.78, 5) is 15.6. The molecule has 0 atom stereocenters. The number of esters is 1. The highest BCUT2D eigenvalue weighted by Gasteiger charge is 2.10. The molecule has 0 aliphatic heterocycles. The fourth-order valence-electron chi connectivity index (χ4n) is 2.63. The van der Waals surface area contributed by atoms with E-state index in [4.69, 9.17) is 9.26 Å². The molecule has 0 unspecified atom stereocenters. The number of anilines is 1. The maximum Gasteiger partial charge on any atom is 0.343 e. The van der Waals surface area contributed by atoms with E-state index in [1.807, 2.05) is 31.2 Å². The molecular weight excluding hydrogens is 358 g/mol. The van der Waals surface area contributed by atoms with Crippen LogP contribution in [0.15, 0.2) is 47.0 Å². The summed E-state index contributed by atoms with van der Waals surface area (Å²) in [7, 11) is 1.33. The molecule has 0 saturated heterocycles. The monoisotopic (exact) mass is 381 g/mol. The van der Waals surface area contributed by atoms with E-state index in [0.717, 1.165) is 23.2 Å². The van der Waals surface area contributed by atoms with Crippen molar-refractivity contribution in [3.63, 3.8) is 0 Å². The molecule has 28 heavy (non-hydrogen) atoms. The van der Waals surface area contributed by atoms with Gasteiger partial charge in [0.25, 0.3) is 0 Å². The van der Waals surface area contributed by atoms with Crippen molar-refractivity contribution in [3.05, 3.63) is 59.5 Å². The minimum Gasteiger partial charge on any atom is -0.482 e. The van der Waals surface area contributed by atoms with Gasteiger partial charge < -0.3 is 19.3 Å². The summed E-state index contributed by atoms with van der Waals surface area (Å²) in [5.74, 6) is 1.25. The van der Waals surface area contributed by atoms with Gasteiger partial charge in [0.2, 0.25) is 11.7 Å². The summed E-state index contributed by atoms with van der Waals surface area (Å²) in [5, 5.41) is 7.32. The number of methoxy groups -OCH3 is 1. The topological polar surface area (TPSA) is 86.5 Å². The molecule has 0 bridgehead atoms. The lowest BCUT2D eigenvalue weighted by Crippen LogP contribution is -2.12. The van der Waals surface area contributed by atoms with E-state index < -0.39 is 5.97 Å². The number of ether oxygens (including phenoxy) is 2. The van der Waals surface area contributed by atoms with Gasteiger partial charge in [-0.05, 0) is 42.7 Å². The summed E-state index contributed by atoms with van der Waals surface area (Å²) in [6, 6.07) is 13.6. The highest BCUT2D eigenvalue weighted by molar-refractivity contribution is 5.71. The second kappa shape index (κ2) is 9.03. The molecule has 7 nitrogen and oxygen atoms in total. The molecule has 0 radical (unpaired) electrons. The van der Waals surface area contributed by atoms with Crippen molar-refractivity contribution in [2.24, 2.45) is 0 Å². The van der Waals surface area contributed by atoms with Gasteiger partial charge in [0.15, 0.2) is 6.61 Å². The number of nitrogens with zero attached hydrogens (tertiary/aromatic N) is 2. The number of carbonyl (C=O) groups excluding carboxylic acids is 1. The maximum atomic E-state index is 11.1. The highest BCUT2D eigenvalue weighted by atomic mass is 16.6. The fourth-order valence-corrected chi connectivity index (χ4v) is 2.63. The lowest BCUT2D eigenvalue weighted by atomic mass is 10.1. The Morgan fingerprint density at radius 1 is 1.18 bits per heavy atom. The zero-order valence-corrected chi connectivity index (χ0v) is 16.2. The first kappa shape index (κ1) is 19.4. The Labute approximate surface area is 163 Å². The van der Waals surface area contributed by atoms with Gasteiger partial charge in [0.05, 0.1) is 13.7 Å². The normalized spacial score (nSPS) is 10.5. The number of nitrogens with one attached hydrogen (secondary N) is 1. The number of hydrogen-bond donors (Lipinski definition) is 1. The van der Waals surface area contributed by atoms with Gasteiger partial charge in [-0.3, -0.25) is 0 Å². The molecule has 1 heterocycles. The van der Waals surface area contributed by atoms with E-state index in [1.54, 1.807) is 6.07 Å². The smallest absolute Gasteiger partial charge is 0.343 e. The molecule has 0 aliphatic rings. The summed E-state index contributed by atoms with van der Waals surface area (Å²) in [6.45, 7) is 4.35. The predicted molar refractivity (Wildman–Crippen MR) is 105 cm³/mol. The van der Waals surface area contributed by atoms with Gasteiger partial charge in [-0.15, -0.1) is 0 Å². The average Bonchev–Trinajstić information content (AvgIpc) is 3.20. The molecule has 146 valence electrons. The Bertz CT molecular complexity index is 935. The van der Waals surface area contributed by atoms with Crippen LogP contribution in [0.1, 0.15) is 23.9 Å². The SMILES string of the molecule is CCc1ccc(-c2noc(CNc3ccc(OCC(=O)OC)cc3C)n2)cc1. The molecule has 7 heteroatoms. The zero-order chi connectivity index (χ0) is 19.9. The number of aromatic nitrogens is 2. The van der Waals surface area contributed by atoms with Gasteiger partial charge in [-0.2, -0.15) is 4.98 Å². The molecule has 3 rings (SSSR count). The first-order chi connectivity index (χ1) is 13.6. The third-order valence-electron chi connectivity index (χ3n) is 4.30. The van der Waals surface area contributed by atoms with E-state index in [-0.39, 0.29) is 6.61 Å². The molecule has 2 aromatic carbocycles. The molecule has 1 aromatic heterocycles. The van der Waals surface area contributed by atoms with Crippen LogP contribution >= 0.6 is 0 Å². The Hall–Kier alpha value is -3.35. The Kier molecular flexibility index (Phi) is 6.26. The molecule has 3 aromatic rings. The number of hydrogen-bond acceptors (Lipinski definition) is 7. The van der Waals surface area contributed by atoms with Crippen molar-refractivity contribution in [3.8, 4) is 17.1 Å². The van der Waals surface area contributed by atoms with Crippen molar-refractivity contribution in [1.82, 2.24) is 10.1 Å². The molecule has 0 aliphatic carbocycles. The molecule has 0 spiro atoms. The molecule has 0 fully saturated rings. The van der Waals surface area contributed by atoms with Gasteiger partial charge in [-0.1, -0.05) is 36.3 Å². The summed E-state index contributed by atoms with van der Waals surface area (Å²) < 4.78 is 15.3. The van der Waals surface area contributed by atoms with Crippen LogP contribution in [0, 0.1) is 6.92 Å². The van der Waals surface area contributed by atoms with E-state index >= 15 is 0 Å². The number of benzene rings is 2. The minimum absolute atomic E-state index is 0.118. The van der Waals surface area contributed by atoms with Gasteiger partial charge in [0.1, 0.15) is 5.75 Å². The lowest BCUT2D eigenvalue weighted by Gasteiger charge is -2.10. The standard InChI is InChI=1S/C21H23N3O4/c1-4-15-5-7-16(8-6-15)21-23-19(28-24-21)12-22-18-10-9-17(11-14(18)2)27-13-20(25)26-3/h5-11,22H,4,12-13H2,1-3H3. The third kappa shape index (κ3) is 4.88. The van der Waals surface area contributed by atoms with Crippen LogP contribution in [-0.2, 0) is 22.5 Å².